The smallest absolute Gasteiger partial charge is 0.369 e. The normalized spacial score (nSPS) is 16.2. The summed E-state index contributed by atoms with van der Waals surface area (Å²) in [6, 6.07) is 14.4. The largest absolute Gasteiger partial charge is 0.416 e. The van der Waals surface area contributed by atoms with E-state index in [4.69, 9.17) is 0 Å². The Hall–Kier alpha value is -3.11. The molecule has 300 valence electrons. The summed E-state index contributed by atoms with van der Waals surface area (Å²) < 4.78 is 51.6. The maximum Gasteiger partial charge on any atom is 0.416 e. The van der Waals surface area contributed by atoms with Crippen LogP contribution >= 0.6 is 0 Å². The molecule has 2 aromatic carbocycles. The number of hydrogen-bond donors (Lipinski definition) is 0. The van der Waals surface area contributed by atoms with Crippen molar-refractivity contribution in [3.05, 3.63) is 77.9 Å². The SMILES string of the molecule is CC.CC(C)(C)CN1CCN(c2ccc(C(F)(F)F)cc2)CC1.CC(C)(C)c1cncn1CCF.Cc1ccc(N2CCN(CC(C)(C)C)CC2)cc1. The van der Waals surface area contributed by atoms with E-state index in [0.29, 0.717) is 12.0 Å². The van der Waals surface area contributed by atoms with Gasteiger partial charge in [0.05, 0.1) is 18.4 Å². The van der Waals surface area contributed by atoms with Crippen molar-refractivity contribution >= 4 is 11.4 Å². The van der Waals surface area contributed by atoms with Gasteiger partial charge in [-0.15, -0.1) is 0 Å². The van der Waals surface area contributed by atoms with Gasteiger partial charge < -0.3 is 14.4 Å². The van der Waals surface area contributed by atoms with Gasteiger partial charge in [0.1, 0.15) is 6.67 Å². The first-order chi connectivity index (χ1) is 24.6. The first-order valence-corrected chi connectivity index (χ1v) is 19.4. The Morgan fingerprint density at radius 2 is 1.00 bits per heavy atom. The summed E-state index contributed by atoms with van der Waals surface area (Å²) in [6.45, 7) is 36.7. The van der Waals surface area contributed by atoms with E-state index >= 15 is 0 Å². The van der Waals surface area contributed by atoms with Crippen molar-refractivity contribution in [2.75, 3.05) is 81.9 Å². The molecule has 2 saturated heterocycles. The zero-order chi connectivity index (χ0) is 40.0. The Bertz CT molecular complexity index is 1410. The van der Waals surface area contributed by atoms with Gasteiger partial charge in [-0.25, -0.2) is 9.37 Å². The van der Waals surface area contributed by atoms with Crippen LogP contribution in [0, 0.1) is 17.8 Å². The van der Waals surface area contributed by atoms with Crippen molar-refractivity contribution in [2.24, 2.45) is 10.8 Å². The van der Waals surface area contributed by atoms with Crippen molar-refractivity contribution in [3.8, 4) is 0 Å². The molecule has 0 N–H and O–H groups in total. The number of aromatic nitrogens is 2. The Labute approximate surface area is 319 Å². The topological polar surface area (TPSA) is 30.8 Å². The highest BCUT2D eigenvalue weighted by Crippen LogP contribution is 2.31. The van der Waals surface area contributed by atoms with Crippen LogP contribution in [0.5, 0.6) is 0 Å². The van der Waals surface area contributed by atoms with Gasteiger partial charge in [0.25, 0.3) is 0 Å². The Morgan fingerprint density at radius 1 is 0.604 bits per heavy atom. The van der Waals surface area contributed by atoms with E-state index in [1.807, 2.05) is 18.4 Å². The van der Waals surface area contributed by atoms with Crippen LogP contribution in [0.15, 0.2) is 61.1 Å². The third-order valence-corrected chi connectivity index (χ3v) is 8.91. The number of piperazine rings is 2. The molecule has 0 spiro atoms. The van der Waals surface area contributed by atoms with Crippen molar-refractivity contribution in [1.29, 1.82) is 0 Å². The number of halogens is 4. The van der Waals surface area contributed by atoms with Crippen molar-refractivity contribution in [1.82, 2.24) is 19.4 Å². The first-order valence-electron chi connectivity index (χ1n) is 19.4. The maximum absolute atomic E-state index is 12.6. The second kappa shape index (κ2) is 20.5. The summed E-state index contributed by atoms with van der Waals surface area (Å²) in [6.07, 6.45) is -0.778. The van der Waals surface area contributed by atoms with Gasteiger partial charge in [0.15, 0.2) is 0 Å². The van der Waals surface area contributed by atoms with Gasteiger partial charge in [-0.05, 0) is 54.2 Å². The summed E-state index contributed by atoms with van der Waals surface area (Å²) in [7, 11) is 0. The molecule has 0 radical (unpaired) electrons. The second-order valence-electron chi connectivity index (χ2n) is 17.4. The van der Waals surface area contributed by atoms with Gasteiger partial charge in [0, 0.05) is 94.1 Å². The van der Waals surface area contributed by atoms with Crippen LogP contribution in [0.2, 0.25) is 0 Å². The third-order valence-electron chi connectivity index (χ3n) is 8.91. The van der Waals surface area contributed by atoms with Crippen molar-refractivity contribution < 1.29 is 17.6 Å². The van der Waals surface area contributed by atoms with Crippen LogP contribution in [0.3, 0.4) is 0 Å². The number of benzene rings is 2. The summed E-state index contributed by atoms with van der Waals surface area (Å²) in [4.78, 5) is 13.7. The zero-order valence-electron chi connectivity index (χ0n) is 35.0. The molecule has 0 bridgehead atoms. The molecule has 0 aliphatic carbocycles. The molecule has 5 rings (SSSR count). The Balaban J connectivity index is 0.000000278. The fraction of sp³-hybridized carbons (Fsp3) is 0.651. The highest BCUT2D eigenvalue weighted by molar-refractivity contribution is 5.49. The van der Waals surface area contributed by atoms with E-state index in [-0.39, 0.29) is 17.5 Å². The average molecular weight is 747 g/mol. The molecular formula is C43H70F4N6. The van der Waals surface area contributed by atoms with E-state index in [1.54, 1.807) is 24.7 Å². The lowest BCUT2D eigenvalue weighted by atomic mass is 9.93. The van der Waals surface area contributed by atoms with Crippen molar-refractivity contribution in [3.63, 3.8) is 0 Å². The fourth-order valence-corrected chi connectivity index (χ4v) is 6.50. The number of rotatable bonds is 6. The van der Waals surface area contributed by atoms with E-state index in [1.165, 1.54) is 30.9 Å². The van der Waals surface area contributed by atoms with Gasteiger partial charge >= 0.3 is 6.18 Å². The Morgan fingerprint density at radius 3 is 1.34 bits per heavy atom. The summed E-state index contributed by atoms with van der Waals surface area (Å²) in [5, 5.41) is 0. The Kier molecular flexibility index (Phi) is 17.8. The summed E-state index contributed by atoms with van der Waals surface area (Å²) in [5.41, 5.74) is 4.81. The molecule has 3 heterocycles. The minimum Gasteiger partial charge on any atom is -0.369 e. The molecular weight excluding hydrogens is 677 g/mol. The molecule has 0 saturated carbocycles. The number of aryl methyl sites for hydroxylation is 2. The molecule has 2 aliphatic rings. The van der Waals surface area contributed by atoms with E-state index in [2.05, 4.69) is 118 Å². The monoisotopic (exact) mass is 747 g/mol. The predicted molar refractivity (Wildman–Crippen MR) is 217 cm³/mol. The number of hydrogen-bond acceptors (Lipinski definition) is 5. The van der Waals surface area contributed by atoms with Crippen LogP contribution in [-0.4, -0.2) is 91.5 Å². The number of imidazole rings is 1. The minimum absolute atomic E-state index is 0.0473. The molecule has 6 nitrogen and oxygen atoms in total. The quantitative estimate of drug-likeness (QED) is 0.235. The highest BCUT2D eigenvalue weighted by atomic mass is 19.4. The van der Waals surface area contributed by atoms with Gasteiger partial charge in [-0.3, -0.25) is 9.80 Å². The van der Waals surface area contributed by atoms with Crippen LogP contribution in [0.1, 0.15) is 93.0 Å². The highest BCUT2D eigenvalue weighted by Gasteiger charge is 2.30. The second-order valence-corrected chi connectivity index (χ2v) is 17.4. The number of nitrogens with zero attached hydrogens (tertiary/aromatic N) is 6. The van der Waals surface area contributed by atoms with Crippen molar-refractivity contribution in [2.45, 2.75) is 101 Å². The van der Waals surface area contributed by atoms with E-state index in [9.17, 15) is 17.6 Å². The fourth-order valence-electron chi connectivity index (χ4n) is 6.50. The van der Waals surface area contributed by atoms with Gasteiger partial charge in [0.2, 0.25) is 0 Å². The predicted octanol–water partition coefficient (Wildman–Crippen LogP) is 10.2. The molecule has 2 aliphatic heterocycles. The van der Waals surface area contributed by atoms with Crippen LogP contribution in [0.4, 0.5) is 28.9 Å². The lowest BCUT2D eigenvalue weighted by Gasteiger charge is -2.38. The van der Waals surface area contributed by atoms with Crippen LogP contribution < -0.4 is 9.80 Å². The number of alkyl halides is 4. The molecule has 10 heteroatoms. The summed E-state index contributed by atoms with van der Waals surface area (Å²) in [5.74, 6) is 0. The van der Waals surface area contributed by atoms with E-state index in [0.717, 1.165) is 69.3 Å². The van der Waals surface area contributed by atoms with Crippen LogP contribution in [-0.2, 0) is 18.1 Å². The molecule has 3 aromatic rings. The van der Waals surface area contributed by atoms with Gasteiger partial charge in [-0.1, -0.05) is 93.9 Å². The molecule has 53 heavy (non-hydrogen) atoms. The van der Waals surface area contributed by atoms with Gasteiger partial charge in [-0.2, -0.15) is 13.2 Å². The standard InChI is InChI=1S/C16H23F3N2.C16H26N2.C9H15FN2.C2H6/c1-15(2,3)12-20-8-10-21(11-9-20)14-6-4-13(5-7-14)16(17,18)19;1-14-5-7-15(8-6-14)18-11-9-17(10-12-18)13-16(2,3)4;1-9(2,3)8-6-11-7-12(8)5-4-10;1-2/h4-7H,8-12H2,1-3H3;5-8H,9-13H2,1-4H3;6-7H,4-5H2,1-3H3;1-2H3. The average Bonchev–Trinajstić information content (AvgIpc) is 3.55. The third kappa shape index (κ3) is 16.8. The maximum atomic E-state index is 12.6. The molecule has 0 atom stereocenters. The molecule has 1 aromatic heterocycles. The minimum atomic E-state index is -4.26. The lowest BCUT2D eigenvalue weighted by molar-refractivity contribution is -0.137. The first kappa shape index (κ1) is 46.0. The van der Waals surface area contributed by atoms with E-state index < -0.39 is 11.7 Å². The summed E-state index contributed by atoms with van der Waals surface area (Å²) >= 11 is 0. The molecule has 2 fully saturated rings. The lowest BCUT2D eigenvalue weighted by Crippen LogP contribution is -2.48. The zero-order valence-corrected chi connectivity index (χ0v) is 35.0. The number of anilines is 2. The molecule has 0 unspecified atom stereocenters. The molecule has 0 amide bonds. The van der Waals surface area contributed by atoms with Crippen LogP contribution in [0.25, 0.3) is 0 Å².